The number of carbonyl (C=O) groups excluding carboxylic acids is 3. The maximum Gasteiger partial charge on any atom is 0.414 e. The van der Waals surface area contributed by atoms with Gasteiger partial charge in [0.05, 0.1) is 18.2 Å². The summed E-state index contributed by atoms with van der Waals surface area (Å²) in [6.45, 7) is 13.2. The maximum absolute atomic E-state index is 14.3. The van der Waals surface area contributed by atoms with E-state index in [1.54, 1.807) is 45.9 Å². The first-order chi connectivity index (χ1) is 17.4. The number of benzene rings is 2. The monoisotopic (exact) mass is 507 g/mol. The van der Waals surface area contributed by atoms with Gasteiger partial charge >= 0.3 is 12.1 Å². The lowest BCUT2D eigenvalue weighted by Crippen LogP contribution is -2.48. The van der Waals surface area contributed by atoms with Gasteiger partial charge in [-0.15, -0.1) is 0 Å². The Morgan fingerprint density at radius 3 is 2.32 bits per heavy atom. The van der Waals surface area contributed by atoms with Crippen LogP contribution in [-0.4, -0.2) is 41.0 Å². The van der Waals surface area contributed by atoms with Gasteiger partial charge in [-0.05, 0) is 70.2 Å². The molecule has 1 heterocycles. The number of esters is 1. The van der Waals surface area contributed by atoms with Gasteiger partial charge < -0.3 is 9.47 Å². The largest absolute Gasteiger partial charge is 0.462 e. The molecule has 0 aliphatic carbocycles. The second kappa shape index (κ2) is 11.2. The maximum atomic E-state index is 14.3. The summed E-state index contributed by atoms with van der Waals surface area (Å²) in [6.07, 6.45) is -0.258. The molecule has 0 saturated heterocycles. The Labute approximate surface area is 219 Å². The van der Waals surface area contributed by atoms with Gasteiger partial charge in [0, 0.05) is 0 Å². The Kier molecular flexibility index (Phi) is 8.41. The van der Waals surface area contributed by atoms with Gasteiger partial charge in [-0.1, -0.05) is 56.3 Å². The smallest absolute Gasteiger partial charge is 0.414 e. The molecule has 0 saturated carbocycles. The molecular weight excluding hydrogens is 470 g/mol. The number of rotatable bonds is 7. The van der Waals surface area contributed by atoms with Crippen molar-refractivity contribution >= 4 is 23.9 Å². The molecule has 2 aromatic rings. The van der Waals surface area contributed by atoms with Crippen molar-refractivity contribution in [2.24, 2.45) is 10.9 Å². The number of nitrogens with zero attached hydrogens (tertiary/aromatic N) is 2. The standard InChI is InChI=1S/C29H37N3O5/c1-8-36-24(33)22-14-12-13-21(17-22)20(4)32-25(34)29(18-19(2)3,23-15-10-9-11-16-23)31-26(32)30-27(35)37-28(5,6)7/h9-17,19-20H,8,18H2,1-7H3,(H,30,31,35)/t20?,29-/m0/s1. The molecule has 0 aromatic heterocycles. The minimum absolute atomic E-state index is 0.109. The number of ether oxygens (including phenoxy) is 2. The van der Waals surface area contributed by atoms with Crippen LogP contribution in [0.15, 0.2) is 59.6 Å². The summed E-state index contributed by atoms with van der Waals surface area (Å²) in [4.78, 5) is 45.8. The van der Waals surface area contributed by atoms with Crippen LogP contribution < -0.4 is 5.32 Å². The number of alkyl carbamates (subject to hydrolysis) is 1. The molecule has 0 bridgehead atoms. The molecule has 0 radical (unpaired) electrons. The molecule has 1 N–H and O–H groups in total. The molecule has 8 heteroatoms. The van der Waals surface area contributed by atoms with E-state index < -0.39 is 29.2 Å². The third kappa shape index (κ3) is 6.37. The summed E-state index contributed by atoms with van der Waals surface area (Å²) in [5.74, 6) is -0.452. The molecule has 3 rings (SSSR count). The van der Waals surface area contributed by atoms with E-state index >= 15 is 0 Å². The zero-order chi connectivity index (χ0) is 27.4. The van der Waals surface area contributed by atoms with Crippen LogP contribution in [0.4, 0.5) is 4.79 Å². The van der Waals surface area contributed by atoms with Crippen molar-refractivity contribution in [2.45, 2.75) is 72.1 Å². The molecule has 0 fully saturated rings. The summed E-state index contributed by atoms with van der Waals surface area (Å²) in [6, 6.07) is 15.8. The topological polar surface area (TPSA) is 97.3 Å². The zero-order valence-electron chi connectivity index (χ0n) is 22.7. The van der Waals surface area contributed by atoms with Crippen molar-refractivity contribution in [2.75, 3.05) is 6.61 Å². The van der Waals surface area contributed by atoms with Crippen LogP contribution in [-0.2, 0) is 19.8 Å². The third-order valence-electron chi connectivity index (χ3n) is 5.93. The number of guanidine groups is 1. The number of carbonyl (C=O) groups is 3. The molecule has 0 spiro atoms. The van der Waals surface area contributed by atoms with E-state index in [4.69, 9.17) is 14.5 Å². The molecule has 1 unspecified atom stereocenters. The Morgan fingerprint density at radius 2 is 1.73 bits per heavy atom. The molecule has 8 nitrogen and oxygen atoms in total. The highest BCUT2D eigenvalue weighted by Crippen LogP contribution is 2.42. The van der Waals surface area contributed by atoms with Crippen LogP contribution in [0.25, 0.3) is 0 Å². The number of hydrogen-bond acceptors (Lipinski definition) is 6. The Morgan fingerprint density at radius 1 is 1.05 bits per heavy atom. The van der Waals surface area contributed by atoms with Crippen molar-refractivity contribution < 1.29 is 23.9 Å². The predicted octanol–water partition coefficient (Wildman–Crippen LogP) is 5.59. The highest BCUT2D eigenvalue weighted by atomic mass is 16.6. The van der Waals surface area contributed by atoms with Gasteiger partial charge in [-0.3, -0.25) is 15.0 Å². The minimum atomic E-state index is -1.22. The fourth-order valence-corrected chi connectivity index (χ4v) is 4.45. The summed E-state index contributed by atoms with van der Waals surface area (Å²) >= 11 is 0. The van der Waals surface area contributed by atoms with Gasteiger partial charge in [-0.25, -0.2) is 14.6 Å². The summed E-state index contributed by atoms with van der Waals surface area (Å²) in [7, 11) is 0. The molecule has 1 aliphatic rings. The van der Waals surface area contributed by atoms with Crippen LogP contribution >= 0.6 is 0 Å². The van der Waals surface area contributed by atoms with Gasteiger partial charge in [-0.2, -0.15) is 0 Å². The first-order valence-corrected chi connectivity index (χ1v) is 12.6. The van der Waals surface area contributed by atoms with E-state index in [0.29, 0.717) is 17.5 Å². The van der Waals surface area contributed by atoms with Crippen LogP contribution in [0.3, 0.4) is 0 Å². The average molecular weight is 508 g/mol. The lowest BCUT2D eigenvalue weighted by atomic mass is 9.82. The van der Waals surface area contributed by atoms with Crippen molar-refractivity contribution in [1.29, 1.82) is 0 Å². The van der Waals surface area contributed by atoms with Crippen molar-refractivity contribution in [3.63, 3.8) is 0 Å². The van der Waals surface area contributed by atoms with Crippen molar-refractivity contribution in [3.8, 4) is 0 Å². The fourth-order valence-electron chi connectivity index (χ4n) is 4.45. The zero-order valence-corrected chi connectivity index (χ0v) is 22.7. The van der Waals surface area contributed by atoms with Crippen LogP contribution in [0.5, 0.6) is 0 Å². The number of hydrogen-bond donors (Lipinski definition) is 1. The summed E-state index contributed by atoms with van der Waals surface area (Å²) < 4.78 is 10.6. The normalized spacial score (nSPS) is 18.4. The molecule has 2 aromatic carbocycles. The first-order valence-electron chi connectivity index (χ1n) is 12.6. The summed E-state index contributed by atoms with van der Waals surface area (Å²) in [5.41, 5.74) is -0.120. The Hall–Kier alpha value is -3.68. The summed E-state index contributed by atoms with van der Waals surface area (Å²) in [5, 5.41) is 2.72. The molecule has 37 heavy (non-hydrogen) atoms. The SMILES string of the molecule is CCOC(=O)c1cccc(C(C)N2C(=O)[C@](CC(C)C)(c3ccccc3)N=C2NC(=O)OC(C)(C)C)c1. The molecule has 198 valence electrons. The van der Waals surface area contributed by atoms with E-state index in [1.807, 2.05) is 57.2 Å². The highest BCUT2D eigenvalue weighted by Gasteiger charge is 2.52. The second-order valence-corrected chi connectivity index (χ2v) is 10.6. The highest BCUT2D eigenvalue weighted by molar-refractivity contribution is 6.11. The minimum Gasteiger partial charge on any atom is -0.462 e. The second-order valence-electron chi connectivity index (χ2n) is 10.6. The lowest BCUT2D eigenvalue weighted by Gasteiger charge is -2.31. The van der Waals surface area contributed by atoms with Crippen molar-refractivity contribution in [3.05, 3.63) is 71.3 Å². The van der Waals surface area contributed by atoms with Gasteiger partial charge in [0.15, 0.2) is 5.54 Å². The molecule has 2 atom stereocenters. The first kappa shape index (κ1) is 27.9. The number of amides is 2. The quantitative estimate of drug-likeness (QED) is 0.493. The van der Waals surface area contributed by atoms with E-state index in [0.717, 1.165) is 5.56 Å². The molecule has 2 amide bonds. The van der Waals surface area contributed by atoms with Crippen LogP contribution in [0, 0.1) is 5.92 Å². The van der Waals surface area contributed by atoms with Crippen LogP contribution in [0.1, 0.15) is 82.4 Å². The Bertz CT molecular complexity index is 1170. The van der Waals surface area contributed by atoms with Crippen molar-refractivity contribution in [1.82, 2.24) is 10.2 Å². The van der Waals surface area contributed by atoms with E-state index in [1.165, 1.54) is 4.90 Å². The number of nitrogens with one attached hydrogen (secondary N) is 1. The number of aliphatic imine (C=N–C) groups is 1. The van der Waals surface area contributed by atoms with E-state index in [9.17, 15) is 14.4 Å². The Balaban J connectivity index is 2.10. The average Bonchev–Trinajstić information content (AvgIpc) is 3.09. The predicted molar refractivity (Wildman–Crippen MR) is 142 cm³/mol. The van der Waals surface area contributed by atoms with E-state index in [-0.39, 0.29) is 24.4 Å². The lowest BCUT2D eigenvalue weighted by molar-refractivity contribution is -0.133. The van der Waals surface area contributed by atoms with Gasteiger partial charge in [0.2, 0.25) is 5.96 Å². The van der Waals surface area contributed by atoms with E-state index in [2.05, 4.69) is 5.32 Å². The molecule has 1 aliphatic heterocycles. The van der Waals surface area contributed by atoms with Gasteiger partial charge in [0.25, 0.3) is 5.91 Å². The van der Waals surface area contributed by atoms with Crippen LogP contribution in [0.2, 0.25) is 0 Å². The molecular formula is C29H37N3O5. The fraction of sp³-hybridized carbons (Fsp3) is 0.448. The van der Waals surface area contributed by atoms with Gasteiger partial charge in [0.1, 0.15) is 5.60 Å². The third-order valence-corrected chi connectivity index (χ3v) is 5.93.